The van der Waals surface area contributed by atoms with Gasteiger partial charge in [0.05, 0.1) is 22.7 Å². The lowest BCUT2D eigenvalue weighted by atomic mass is 10.1. The van der Waals surface area contributed by atoms with Crippen LogP contribution < -0.4 is 16.3 Å². The number of benzene rings is 2. The van der Waals surface area contributed by atoms with E-state index in [0.717, 1.165) is 21.3 Å². The molecule has 0 atom stereocenters. The average molecular weight is 430 g/mol. The van der Waals surface area contributed by atoms with Gasteiger partial charge >= 0.3 is 5.69 Å². The number of aryl methyl sites for hydroxylation is 3. The van der Waals surface area contributed by atoms with Gasteiger partial charge in [0.1, 0.15) is 5.56 Å². The first-order valence-electron chi connectivity index (χ1n) is 10.0. The zero-order valence-electron chi connectivity index (χ0n) is 18.1. The number of amides is 1. The Bertz CT molecular complexity index is 1440. The summed E-state index contributed by atoms with van der Waals surface area (Å²) in [6, 6.07) is 12.6. The van der Waals surface area contributed by atoms with Crippen LogP contribution in [0.2, 0.25) is 0 Å². The molecule has 2 N–H and O–H groups in total. The summed E-state index contributed by atoms with van der Waals surface area (Å²) >= 11 is 0. The van der Waals surface area contributed by atoms with Crippen LogP contribution in [0.5, 0.6) is 5.88 Å². The van der Waals surface area contributed by atoms with Gasteiger partial charge in [0.15, 0.2) is 0 Å². The predicted octanol–water partition coefficient (Wildman–Crippen LogP) is 2.96. The van der Waals surface area contributed by atoms with Crippen LogP contribution in [-0.2, 0) is 4.79 Å². The van der Waals surface area contributed by atoms with Gasteiger partial charge in [-0.05, 0) is 63.1 Å². The molecular weight excluding hydrogens is 408 g/mol. The number of aromatic nitrogens is 2. The normalized spacial score (nSPS) is 14.9. The Morgan fingerprint density at radius 2 is 1.69 bits per heavy atom. The Labute approximate surface area is 183 Å². The van der Waals surface area contributed by atoms with Gasteiger partial charge < -0.3 is 5.11 Å². The van der Waals surface area contributed by atoms with Crippen LogP contribution in [0, 0.1) is 20.8 Å². The number of carbonyl (C=O) groups excluding carboxylic acids is 1. The molecule has 0 saturated carbocycles. The number of hydrazone groups is 1. The lowest BCUT2D eigenvalue weighted by Crippen LogP contribution is -2.30. The van der Waals surface area contributed by atoms with E-state index in [1.165, 1.54) is 11.1 Å². The molecule has 0 spiro atoms. The zero-order valence-corrected chi connectivity index (χ0v) is 18.1. The minimum Gasteiger partial charge on any atom is -0.494 e. The Hall–Kier alpha value is -4.20. The van der Waals surface area contributed by atoms with Crippen molar-refractivity contribution in [3.8, 4) is 11.6 Å². The van der Waals surface area contributed by atoms with Crippen LogP contribution in [0.4, 0.5) is 5.69 Å². The number of aromatic amines is 1. The van der Waals surface area contributed by atoms with Crippen molar-refractivity contribution in [2.75, 3.05) is 5.01 Å². The molecule has 8 heteroatoms. The van der Waals surface area contributed by atoms with E-state index in [2.05, 4.69) is 10.1 Å². The van der Waals surface area contributed by atoms with Crippen molar-refractivity contribution >= 4 is 23.4 Å². The van der Waals surface area contributed by atoms with Crippen molar-refractivity contribution in [3.05, 3.63) is 91.1 Å². The second kappa shape index (κ2) is 7.81. The first-order valence-corrected chi connectivity index (χ1v) is 10.0. The maximum Gasteiger partial charge on any atom is 0.335 e. The van der Waals surface area contributed by atoms with E-state index >= 15 is 0 Å². The highest BCUT2D eigenvalue weighted by atomic mass is 16.3. The number of aromatic hydroxyl groups is 1. The lowest BCUT2D eigenvalue weighted by molar-refractivity contribution is -0.114. The van der Waals surface area contributed by atoms with Crippen molar-refractivity contribution in [1.29, 1.82) is 0 Å². The quantitative estimate of drug-likeness (QED) is 0.623. The predicted molar refractivity (Wildman–Crippen MR) is 124 cm³/mol. The summed E-state index contributed by atoms with van der Waals surface area (Å²) in [7, 11) is 0. The fourth-order valence-electron chi connectivity index (χ4n) is 3.71. The molecule has 2 aromatic carbocycles. The number of hydrogen-bond donors (Lipinski definition) is 2. The minimum absolute atomic E-state index is 0.153. The largest absolute Gasteiger partial charge is 0.494 e. The summed E-state index contributed by atoms with van der Waals surface area (Å²) < 4.78 is 0.995. The summed E-state index contributed by atoms with van der Waals surface area (Å²) in [5, 5.41) is 16.4. The SMILES string of the molecule is CC1=NN(c2ccc(C)cc2C)C(=O)/C1=C\c1c(O)n(-c2cccc(C)c2)c(=O)[nH]c1=O. The Morgan fingerprint density at radius 3 is 2.38 bits per heavy atom. The summed E-state index contributed by atoms with van der Waals surface area (Å²) in [4.78, 5) is 40.3. The number of anilines is 1. The first kappa shape index (κ1) is 21.0. The Balaban J connectivity index is 1.83. The van der Waals surface area contributed by atoms with Crippen molar-refractivity contribution in [2.24, 2.45) is 5.10 Å². The molecule has 0 aliphatic carbocycles. The summed E-state index contributed by atoms with van der Waals surface area (Å²) in [6.07, 6.45) is 1.27. The van der Waals surface area contributed by atoms with Crippen molar-refractivity contribution in [2.45, 2.75) is 27.7 Å². The van der Waals surface area contributed by atoms with E-state index in [9.17, 15) is 19.5 Å². The highest BCUT2D eigenvalue weighted by Gasteiger charge is 2.30. The van der Waals surface area contributed by atoms with E-state index in [1.54, 1.807) is 25.1 Å². The Kier molecular flexibility index (Phi) is 5.14. The van der Waals surface area contributed by atoms with Crippen molar-refractivity contribution < 1.29 is 9.90 Å². The van der Waals surface area contributed by atoms with Crippen LogP contribution >= 0.6 is 0 Å². The van der Waals surface area contributed by atoms with Crippen LogP contribution in [0.3, 0.4) is 0 Å². The van der Waals surface area contributed by atoms with Gasteiger partial charge in [0, 0.05) is 0 Å². The molecule has 0 fully saturated rings. The summed E-state index contributed by atoms with van der Waals surface area (Å²) in [6.45, 7) is 7.34. The van der Waals surface area contributed by atoms with E-state index in [4.69, 9.17) is 0 Å². The average Bonchev–Trinajstić information content (AvgIpc) is 2.98. The van der Waals surface area contributed by atoms with Gasteiger partial charge in [-0.25, -0.2) is 9.36 Å². The second-order valence-corrected chi connectivity index (χ2v) is 7.82. The zero-order chi connectivity index (χ0) is 23.2. The van der Waals surface area contributed by atoms with Crippen LogP contribution in [-0.4, -0.2) is 26.3 Å². The highest BCUT2D eigenvalue weighted by Crippen LogP contribution is 2.29. The van der Waals surface area contributed by atoms with Gasteiger partial charge in [-0.3, -0.25) is 14.6 Å². The molecule has 0 bridgehead atoms. The van der Waals surface area contributed by atoms with Crippen molar-refractivity contribution in [3.63, 3.8) is 0 Å². The van der Waals surface area contributed by atoms with E-state index in [-0.39, 0.29) is 11.1 Å². The topological polar surface area (TPSA) is 108 Å². The van der Waals surface area contributed by atoms with E-state index in [1.807, 2.05) is 45.0 Å². The van der Waals surface area contributed by atoms with Gasteiger partial charge in [0.25, 0.3) is 11.5 Å². The number of nitrogens with one attached hydrogen (secondary N) is 1. The Morgan fingerprint density at radius 1 is 0.969 bits per heavy atom. The van der Waals surface area contributed by atoms with Gasteiger partial charge in [-0.1, -0.05) is 29.8 Å². The van der Waals surface area contributed by atoms with Crippen molar-refractivity contribution in [1.82, 2.24) is 9.55 Å². The molecule has 0 radical (unpaired) electrons. The molecule has 0 saturated heterocycles. The van der Waals surface area contributed by atoms with Crippen LogP contribution in [0.15, 0.2) is 62.7 Å². The second-order valence-electron chi connectivity index (χ2n) is 7.82. The third kappa shape index (κ3) is 3.56. The first-order chi connectivity index (χ1) is 15.2. The van der Waals surface area contributed by atoms with Gasteiger partial charge in [0.2, 0.25) is 5.88 Å². The maximum absolute atomic E-state index is 13.1. The smallest absolute Gasteiger partial charge is 0.335 e. The fraction of sp³-hybridized carbons (Fsp3) is 0.167. The molecule has 8 nitrogen and oxygen atoms in total. The monoisotopic (exact) mass is 430 g/mol. The molecule has 4 rings (SSSR count). The number of H-pyrrole nitrogens is 1. The van der Waals surface area contributed by atoms with Gasteiger partial charge in [-0.15, -0.1) is 0 Å². The van der Waals surface area contributed by atoms with E-state index in [0.29, 0.717) is 17.1 Å². The molecule has 3 aromatic rings. The molecular formula is C24H22N4O4. The molecule has 1 amide bonds. The third-order valence-electron chi connectivity index (χ3n) is 5.31. The molecule has 1 aliphatic heterocycles. The number of carbonyl (C=O) groups is 1. The molecule has 1 aromatic heterocycles. The molecule has 32 heavy (non-hydrogen) atoms. The fourth-order valence-corrected chi connectivity index (χ4v) is 3.71. The van der Waals surface area contributed by atoms with Gasteiger partial charge in [-0.2, -0.15) is 10.1 Å². The molecule has 162 valence electrons. The molecule has 0 unspecified atom stereocenters. The van der Waals surface area contributed by atoms with Crippen LogP contribution in [0.25, 0.3) is 11.8 Å². The minimum atomic E-state index is -0.797. The maximum atomic E-state index is 13.1. The van der Waals surface area contributed by atoms with E-state index < -0.39 is 23.0 Å². The van der Waals surface area contributed by atoms with Crippen LogP contribution in [0.1, 0.15) is 29.2 Å². The number of hydrogen-bond acceptors (Lipinski definition) is 5. The third-order valence-corrected chi connectivity index (χ3v) is 5.31. The standard InChI is InChI=1S/C24H22N4O4/c1-13-6-5-7-17(11-13)27-22(30)19(21(29)25-24(27)32)12-18-16(4)26-28(23(18)31)20-9-8-14(2)10-15(20)3/h5-12,30H,1-4H3,(H,25,29,32)/b18-12-. The number of nitrogens with zero attached hydrogens (tertiary/aromatic N) is 3. The number of rotatable bonds is 3. The lowest BCUT2D eigenvalue weighted by Gasteiger charge is -2.15. The molecule has 2 heterocycles. The summed E-state index contributed by atoms with van der Waals surface area (Å²) in [5.74, 6) is -0.982. The summed E-state index contributed by atoms with van der Waals surface area (Å²) in [5.41, 5.74) is 2.60. The highest BCUT2D eigenvalue weighted by molar-refractivity contribution is 6.32. The molecule has 1 aliphatic rings.